The average Bonchev–Trinajstić information content (AvgIpc) is 2.94. The Labute approximate surface area is 161 Å². The van der Waals surface area contributed by atoms with E-state index in [1.807, 2.05) is 45.0 Å². The van der Waals surface area contributed by atoms with Gasteiger partial charge in [-0.25, -0.2) is 4.98 Å². The summed E-state index contributed by atoms with van der Waals surface area (Å²) in [7, 11) is 0. The summed E-state index contributed by atoms with van der Waals surface area (Å²) in [4.78, 5) is 31.9. The highest BCUT2D eigenvalue weighted by atomic mass is 32.2. The summed E-state index contributed by atoms with van der Waals surface area (Å²) >= 11 is 2.88. The van der Waals surface area contributed by atoms with Gasteiger partial charge in [-0.2, -0.15) is 0 Å². The van der Waals surface area contributed by atoms with E-state index in [2.05, 4.69) is 11.9 Å². The molecule has 0 aliphatic heterocycles. The van der Waals surface area contributed by atoms with E-state index in [4.69, 9.17) is 0 Å². The van der Waals surface area contributed by atoms with E-state index < -0.39 is 0 Å². The van der Waals surface area contributed by atoms with Crippen molar-refractivity contribution in [2.45, 2.75) is 45.8 Å². The first-order chi connectivity index (χ1) is 12.5. The molecule has 6 heteroatoms. The van der Waals surface area contributed by atoms with Crippen molar-refractivity contribution in [2.75, 3.05) is 5.75 Å². The monoisotopic (exact) mass is 386 g/mol. The number of hydrogen-bond acceptors (Lipinski definition) is 5. The van der Waals surface area contributed by atoms with Crippen LogP contribution in [0.25, 0.3) is 10.2 Å². The van der Waals surface area contributed by atoms with Crippen LogP contribution in [-0.4, -0.2) is 21.1 Å². The van der Waals surface area contributed by atoms with Crippen LogP contribution in [0.4, 0.5) is 0 Å². The number of benzene rings is 1. The number of nitrogens with zero attached hydrogens (tertiary/aromatic N) is 2. The van der Waals surface area contributed by atoms with Crippen molar-refractivity contribution in [3.63, 3.8) is 0 Å². The lowest BCUT2D eigenvalue weighted by Gasteiger charge is -2.10. The average molecular weight is 387 g/mol. The standard InChI is InChI=1S/C20H22N2O2S2/c1-5-14-7-9-15(10-8-14)16(23)11-25-20-21-18-17(12(3)13(4)26-18)19(24)22(20)6-2/h7-10H,5-6,11H2,1-4H3. The highest BCUT2D eigenvalue weighted by Gasteiger charge is 2.17. The van der Waals surface area contributed by atoms with Crippen molar-refractivity contribution in [3.8, 4) is 0 Å². The number of thioether (sulfide) groups is 1. The fourth-order valence-electron chi connectivity index (χ4n) is 2.84. The maximum absolute atomic E-state index is 12.8. The number of carbonyl (C=O) groups excluding carboxylic acids is 1. The van der Waals surface area contributed by atoms with E-state index in [9.17, 15) is 9.59 Å². The lowest BCUT2D eigenvalue weighted by molar-refractivity contribution is 0.102. The Hall–Kier alpha value is -1.92. The van der Waals surface area contributed by atoms with Crippen LogP contribution in [0.2, 0.25) is 0 Å². The minimum absolute atomic E-state index is 0.0124. The van der Waals surface area contributed by atoms with Gasteiger partial charge in [-0.3, -0.25) is 14.2 Å². The molecule has 26 heavy (non-hydrogen) atoms. The van der Waals surface area contributed by atoms with Crippen LogP contribution >= 0.6 is 23.1 Å². The largest absolute Gasteiger partial charge is 0.293 e. The topological polar surface area (TPSA) is 52.0 Å². The molecule has 0 radical (unpaired) electrons. The third kappa shape index (κ3) is 3.48. The van der Waals surface area contributed by atoms with Crippen molar-refractivity contribution in [3.05, 3.63) is 56.2 Å². The number of rotatable bonds is 6. The lowest BCUT2D eigenvalue weighted by Crippen LogP contribution is -2.22. The lowest BCUT2D eigenvalue weighted by atomic mass is 10.1. The van der Waals surface area contributed by atoms with Gasteiger partial charge in [0.25, 0.3) is 5.56 Å². The summed E-state index contributed by atoms with van der Waals surface area (Å²) in [5, 5.41) is 1.32. The second kappa shape index (κ2) is 7.76. The van der Waals surface area contributed by atoms with Gasteiger partial charge in [0.05, 0.1) is 11.1 Å². The van der Waals surface area contributed by atoms with Gasteiger partial charge in [0.15, 0.2) is 10.9 Å². The Morgan fingerprint density at radius 1 is 1.19 bits per heavy atom. The summed E-state index contributed by atoms with van der Waals surface area (Å²) < 4.78 is 1.67. The molecule has 136 valence electrons. The number of aryl methyl sites for hydroxylation is 3. The van der Waals surface area contributed by atoms with Gasteiger partial charge in [0.2, 0.25) is 0 Å². The summed E-state index contributed by atoms with van der Waals surface area (Å²) in [6.07, 6.45) is 0.954. The predicted molar refractivity (Wildman–Crippen MR) is 110 cm³/mol. The van der Waals surface area contributed by atoms with Crippen molar-refractivity contribution >= 4 is 39.1 Å². The molecule has 2 aromatic heterocycles. The van der Waals surface area contributed by atoms with E-state index in [0.29, 0.717) is 22.7 Å². The summed E-state index contributed by atoms with van der Waals surface area (Å²) in [5.74, 6) is 0.320. The van der Waals surface area contributed by atoms with E-state index in [0.717, 1.165) is 21.7 Å². The Bertz CT molecular complexity index is 1020. The van der Waals surface area contributed by atoms with Gasteiger partial charge < -0.3 is 0 Å². The van der Waals surface area contributed by atoms with E-state index in [-0.39, 0.29) is 17.1 Å². The molecular formula is C20H22N2O2S2. The first-order valence-electron chi connectivity index (χ1n) is 8.71. The molecule has 0 saturated carbocycles. The molecule has 0 unspecified atom stereocenters. The van der Waals surface area contributed by atoms with Gasteiger partial charge in [-0.1, -0.05) is 43.0 Å². The number of Topliss-reactive ketones (excluding diaryl/α,β-unsaturated/α-hetero) is 1. The Balaban J connectivity index is 1.88. The molecule has 0 aliphatic carbocycles. The maximum atomic E-state index is 12.8. The highest BCUT2D eigenvalue weighted by molar-refractivity contribution is 7.99. The van der Waals surface area contributed by atoms with Crippen molar-refractivity contribution in [1.29, 1.82) is 0 Å². The third-order valence-corrected chi connectivity index (χ3v) is 6.66. The minimum atomic E-state index is -0.0124. The van der Waals surface area contributed by atoms with Gasteiger partial charge in [-0.05, 0) is 38.3 Å². The van der Waals surface area contributed by atoms with Gasteiger partial charge in [0, 0.05) is 17.0 Å². The summed E-state index contributed by atoms with van der Waals surface area (Å²) in [6.45, 7) is 8.53. The van der Waals surface area contributed by atoms with Crippen molar-refractivity contribution < 1.29 is 4.79 Å². The van der Waals surface area contributed by atoms with Crippen molar-refractivity contribution in [1.82, 2.24) is 9.55 Å². The quantitative estimate of drug-likeness (QED) is 0.352. The predicted octanol–water partition coefficient (Wildman–Crippen LogP) is 4.63. The van der Waals surface area contributed by atoms with Crippen LogP contribution in [-0.2, 0) is 13.0 Å². The molecule has 0 saturated heterocycles. The van der Waals surface area contributed by atoms with E-state index >= 15 is 0 Å². The van der Waals surface area contributed by atoms with Crippen molar-refractivity contribution in [2.24, 2.45) is 0 Å². The Morgan fingerprint density at radius 3 is 2.50 bits per heavy atom. The molecular weight excluding hydrogens is 364 g/mol. The fourth-order valence-corrected chi connectivity index (χ4v) is 4.87. The molecule has 3 aromatic rings. The van der Waals surface area contributed by atoms with E-state index in [1.165, 1.54) is 28.7 Å². The highest BCUT2D eigenvalue weighted by Crippen LogP contribution is 2.28. The van der Waals surface area contributed by atoms with Gasteiger partial charge in [0.1, 0.15) is 4.83 Å². The number of aromatic nitrogens is 2. The molecule has 0 spiro atoms. The summed E-state index contributed by atoms with van der Waals surface area (Å²) in [5.41, 5.74) is 2.91. The number of carbonyl (C=O) groups is 1. The molecule has 1 aromatic carbocycles. The number of thiophene rings is 1. The zero-order valence-corrected chi connectivity index (χ0v) is 17.1. The smallest absolute Gasteiger partial charge is 0.263 e. The SMILES string of the molecule is CCc1ccc(C(=O)CSc2nc3sc(C)c(C)c3c(=O)n2CC)cc1. The molecule has 4 nitrogen and oxygen atoms in total. The van der Waals surface area contributed by atoms with Crippen LogP contribution in [0.15, 0.2) is 34.2 Å². The molecule has 2 heterocycles. The number of fused-ring (bicyclic) bond motifs is 1. The molecule has 0 aliphatic rings. The molecule has 0 bridgehead atoms. The molecule has 0 atom stereocenters. The minimum Gasteiger partial charge on any atom is -0.293 e. The second-order valence-corrected chi connectivity index (χ2v) is 8.32. The number of ketones is 1. The Kier molecular flexibility index (Phi) is 5.63. The van der Waals surface area contributed by atoms with Gasteiger partial charge in [-0.15, -0.1) is 11.3 Å². The van der Waals surface area contributed by atoms with Crippen LogP contribution in [0.3, 0.4) is 0 Å². The molecule has 0 fully saturated rings. The van der Waals surface area contributed by atoms with Crippen LogP contribution in [0, 0.1) is 13.8 Å². The first kappa shape index (κ1) is 18.9. The first-order valence-corrected chi connectivity index (χ1v) is 10.5. The third-order valence-electron chi connectivity index (χ3n) is 4.59. The number of hydrogen-bond donors (Lipinski definition) is 0. The second-order valence-electron chi connectivity index (χ2n) is 6.17. The van der Waals surface area contributed by atoms with Gasteiger partial charge >= 0.3 is 0 Å². The normalized spacial score (nSPS) is 11.2. The fraction of sp³-hybridized carbons (Fsp3) is 0.350. The summed E-state index contributed by atoms with van der Waals surface area (Å²) in [6, 6.07) is 7.72. The zero-order chi connectivity index (χ0) is 18.8. The molecule has 3 rings (SSSR count). The van der Waals surface area contributed by atoms with Crippen LogP contribution in [0.1, 0.15) is 40.2 Å². The maximum Gasteiger partial charge on any atom is 0.263 e. The Morgan fingerprint density at radius 2 is 1.88 bits per heavy atom. The zero-order valence-electron chi connectivity index (χ0n) is 15.5. The molecule has 0 N–H and O–H groups in total. The van der Waals surface area contributed by atoms with Crippen LogP contribution < -0.4 is 5.56 Å². The molecule has 0 amide bonds. The van der Waals surface area contributed by atoms with E-state index in [1.54, 1.807) is 4.57 Å². The van der Waals surface area contributed by atoms with Crippen LogP contribution in [0.5, 0.6) is 0 Å².